The molecule has 0 saturated carbocycles. The third kappa shape index (κ3) is 3.99. The summed E-state index contributed by atoms with van der Waals surface area (Å²) in [6, 6.07) is 16.4. The Morgan fingerprint density at radius 3 is 2.54 bits per heavy atom. The summed E-state index contributed by atoms with van der Waals surface area (Å²) in [4.78, 5) is 12.4. The van der Waals surface area contributed by atoms with Crippen LogP contribution in [0.15, 0.2) is 48.5 Å². The summed E-state index contributed by atoms with van der Waals surface area (Å²) in [7, 11) is 0. The Kier molecular flexibility index (Phi) is 5.46. The van der Waals surface area contributed by atoms with E-state index in [0.29, 0.717) is 12.2 Å². The van der Waals surface area contributed by atoms with E-state index in [1.165, 1.54) is 16.7 Å². The Morgan fingerprint density at radius 1 is 1.04 bits per heavy atom. The Hall–Kier alpha value is -2.95. The highest BCUT2D eigenvalue weighted by molar-refractivity contribution is 5.93. The molecule has 0 radical (unpaired) electrons. The van der Waals surface area contributed by atoms with E-state index in [4.69, 9.17) is 0 Å². The monoisotopic (exact) mass is 348 g/mol. The molecular formula is C21H24N4O. The van der Waals surface area contributed by atoms with Gasteiger partial charge in [-0.2, -0.15) is 0 Å². The fourth-order valence-corrected chi connectivity index (χ4v) is 2.86. The van der Waals surface area contributed by atoms with Gasteiger partial charge in [-0.3, -0.25) is 4.79 Å². The summed E-state index contributed by atoms with van der Waals surface area (Å²) in [6.07, 6.45) is 1.83. The molecule has 0 spiro atoms. The van der Waals surface area contributed by atoms with Crippen LogP contribution in [0.3, 0.4) is 0 Å². The first-order valence-corrected chi connectivity index (χ1v) is 8.88. The highest BCUT2D eigenvalue weighted by atomic mass is 16.2. The number of aryl methyl sites for hydroxylation is 3. The van der Waals surface area contributed by atoms with E-state index in [-0.39, 0.29) is 5.91 Å². The van der Waals surface area contributed by atoms with Crippen molar-refractivity contribution in [1.82, 2.24) is 20.3 Å². The minimum atomic E-state index is -0.175. The summed E-state index contributed by atoms with van der Waals surface area (Å²) >= 11 is 0. The summed E-state index contributed by atoms with van der Waals surface area (Å²) in [5, 5.41) is 11.2. The lowest BCUT2D eigenvalue weighted by Gasteiger charge is -2.07. The number of carbonyl (C=O) groups is 1. The van der Waals surface area contributed by atoms with E-state index in [9.17, 15) is 4.79 Å². The molecule has 0 atom stereocenters. The molecule has 3 rings (SSSR count). The molecule has 0 aliphatic carbocycles. The molecule has 134 valence electrons. The third-order valence-corrected chi connectivity index (χ3v) is 4.62. The predicted molar refractivity (Wildman–Crippen MR) is 103 cm³/mol. The number of nitrogens with zero attached hydrogens (tertiary/aromatic N) is 3. The molecule has 1 amide bonds. The van der Waals surface area contributed by atoms with E-state index in [1.54, 1.807) is 4.68 Å². The van der Waals surface area contributed by atoms with Crippen molar-refractivity contribution in [3.8, 4) is 5.69 Å². The van der Waals surface area contributed by atoms with Crippen molar-refractivity contribution in [3.63, 3.8) is 0 Å². The van der Waals surface area contributed by atoms with Crippen LogP contribution in [0.4, 0.5) is 0 Å². The second kappa shape index (κ2) is 7.95. The molecule has 5 nitrogen and oxygen atoms in total. The largest absolute Gasteiger partial charge is 0.351 e. The van der Waals surface area contributed by atoms with Crippen LogP contribution in [-0.4, -0.2) is 27.4 Å². The van der Waals surface area contributed by atoms with Gasteiger partial charge < -0.3 is 5.32 Å². The SMILES string of the molecule is Cc1ccc(-n2nnc(C(=O)NCCCc3ccccc3)c2C)cc1C. The Bertz CT molecular complexity index is 900. The van der Waals surface area contributed by atoms with Gasteiger partial charge in [0, 0.05) is 6.54 Å². The van der Waals surface area contributed by atoms with Crippen molar-refractivity contribution < 1.29 is 4.79 Å². The van der Waals surface area contributed by atoms with Gasteiger partial charge in [0.15, 0.2) is 5.69 Å². The van der Waals surface area contributed by atoms with Crippen molar-refractivity contribution in [1.29, 1.82) is 0 Å². The fourth-order valence-electron chi connectivity index (χ4n) is 2.86. The zero-order valence-corrected chi connectivity index (χ0v) is 15.5. The van der Waals surface area contributed by atoms with Gasteiger partial charge in [-0.05, 0) is 62.4 Å². The highest BCUT2D eigenvalue weighted by Gasteiger charge is 2.17. The van der Waals surface area contributed by atoms with Gasteiger partial charge in [0.25, 0.3) is 5.91 Å². The minimum absolute atomic E-state index is 0.175. The number of rotatable bonds is 6. The number of amides is 1. The standard InChI is InChI=1S/C21H24N4O/c1-15-11-12-19(14-16(15)2)25-17(3)20(23-24-25)21(26)22-13-7-10-18-8-5-4-6-9-18/h4-6,8-9,11-12,14H,7,10,13H2,1-3H3,(H,22,26). The molecule has 1 N–H and O–H groups in total. The zero-order chi connectivity index (χ0) is 18.5. The lowest BCUT2D eigenvalue weighted by Crippen LogP contribution is -2.26. The Balaban J connectivity index is 1.61. The smallest absolute Gasteiger partial charge is 0.273 e. The Labute approximate surface area is 154 Å². The third-order valence-electron chi connectivity index (χ3n) is 4.62. The van der Waals surface area contributed by atoms with E-state index < -0.39 is 0 Å². The van der Waals surface area contributed by atoms with Gasteiger partial charge in [0.2, 0.25) is 0 Å². The molecule has 1 heterocycles. The molecule has 2 aromatic carbocycles. The normalized spacial score (nSPS) is 10.7. The summed E-state index contributed by atoms with van der Waals surface area (Å²) in [5.41, 5.74) is 5.73. The first kappa shape index (κ1) is 17.9. The van der Waals surface area contributed by atoms with Crippen LogP contribution >= 0.6 is 0 Å². The molecule has 0 fully saturated rings. The van der Waals surface area contributed by atoms with Crippen molar-refractivity contribution in [3.05, 3.63) is 76.6 Å². The van der Waals surface area contributed by atoms with E-state index in [1.807, 2.05) is 31.2 Å². The highest BCUT2D eigenvalue weighted by Crippen LogP contribution is 2.16. The molecule has 0 saturated heterocycles. The second-order valence-corrected chi connectivity index (χ2v) is 6.55. The zero-order valence-electron chi connectivity index (χ0n) is 15.5. The Morgan fingerprint density at radius 2 is 1.81 bits per heavy atom. The van der Waals surface area contributed by atoms with E-state index in [2.05, 4.69) is 53.7 Å². The fraction of sp³-hybridized carbons (Fsp3) is 0.286. The topological polar surface area (TPSA) is 59.8 Å². The molecule has 0 aliphatic heterocycles. The van der Waals surface area contributed by atoms with E-state index in [0.717, 1.165) is 24.2 Å². The van der Waals surface area contributed by atoms with Crippen LogP contribution in [0.1, 0.15) is 39.3 Å². The van der Waals surface area contributed by atoms with E-state index >= 15 is 0 Å². The second-order valence-electron chi connectivity index (χ2n) is 6.55. The number of aromatic nitrogens is 3. The molecule has 26 heavy (non-hydrogen) atoms. The molecule has 0 bridgehead atoms. The number of carbonyl (C=O) groups excluding carboxylic acids is 1. The molecule has 1 aromatic heterocycles. The van der Waals surface area contributed by atoms with Crippen LogP contribution < -0.4 is 5.32 Å². The van der Waals surface area contributed by atoms with Crippen molar-refractivity contribution in [2.75, 3.05) is 6.54 Å². The molecule has 0 aliphatic rings. The maximum absolute atomic E-state index is 12.4. The van der Waals surface area contributed by atoms with Crippen molar-refractivity contribution in [2.24, 2.45) is 0 Å². The molecule has 3 aromatic rings. The number of nitrogens with one attached hydrogen (secondary N) is 1. The van der Waals surface area contributed by atoms with Crippen LogP contribution in [-0.2, 0) is 6.42 Å². The van der Waals surface area contributed by atoms with Crippen molar-refractivity contribution >= 4 is 5.91 Å². The van der Waals surface area contributed by atoms with Crippen LogP contribution in [0.25, 0.3) is 5.69 Å². The minimum Gasteiger partial charge on any atom is -0.351 e. The van der Waals surface area contributed by atoms with Crippen LogP contribution in [0.5, 0.6) is 0 Å². The first-order chi connectivity index (χ1) is 12.6. The molecule has 5 heteroatoms. The number of benzene rings is 2. The quantitative estimate of drug-likeness (QED) is 0.693. The van der Waals surface area contributed by atoms with Crippen LogP contribution in [0.2, 0.25) is 0 Å². The summed E-state index contributed by atoms with van der Waals surface area (Å²) < 4.78 is 1.71. The van der Waals surface area contributed by atoms with Gasteiger partial charge in [0.05, 0.1) is 11.4 Å². The van der Waals surface area contributed by atoms with Gasteiger partial charge in [-0.15, -0.1) is 5.10 Å². The predicted octanol–water partition coefficient (Wildman–Crippen LogP) is 3.56. The lowest BCUT2D eigenvalue weighted by molar-refractivity contribution is 0.0947. The first-order valence-electron chi connectivity index (χ1n) is 8.88. The lowest BCUT2D eigenvalue weighted by atomic mass is 10.1. The molecule has 0 unspecified atom stereocenters. The summed E-state index contributed by atoms with van der Waals surface area (Å²) in [6.45, 7) is 6.62. The van der Waals surface area contributed by atoms with Gasteiger partial charge in [-0.25, -0.2) is 4.68 Å². The average molecular weight is 348 g/mol. The summed E-state index contributed by atoms with van der Waals surface area (Å²) in [5.74, 6) is -0.175. The molecular weight excluding hydrogens is 324 g/mol. The number of hydrogen-bond acceptors (Lipinski definition) is 3. The number of hydrogen-bond donors (Lipinski definition) is 1. The van der Waals surface area contributed by atoms with Crippen molar-refractivity contribution in [2.45, 2.75) is 33.6 Å². The van der Waals surface area contributed by atoms with Gasteiger partial charge >= 0.3 is 0 Å². The average Bonchev–Trinajstić information content (AvgIpc) is 3.03. The maximum atomic E-state index is 12.4. The van der Waals surface area contributed by atoms with Gasteiger partial charge in [0.1, 0.15) is 0 Å². The van der Waals surface area contributed by atoms with Gasteiger partial charge in [-0.1, -0.05) is 41.6 Å². The maximum Gasteiger partial charge on any atom is 0.273 e. The van der Waals surface area contributed by atoms with Crippen LogP contribution in [0, 0.1) is 20.8 Å².